The number of nitrogens with zero attached hydrogens (tertiary/aromatic N) is 1. The lowest BCUT2D eigenvalue weighted by atomic mass is 10.1. The number of H-pyrrole nitrogens is 1. The molecule has 128 valence electrons. The van der Waals surface area contributed by atoms with Crippen LogP contribution < -0.4 is 5.32 Å². The molecule has 2 N–H and O–H groups in total. The van der Waals surface area contributed by atoms with E-state index in [-0.39, 0.29) is 5.82 Å². The molecule has 24 heavy (non-hydrogen) atoms. The van der Waals surface area contributed by atoms with E-state index in [9.17, 15) is 9.18 Å². The summed E-state index contributed by atoms with van der Waals surface area (Å²) < 4.78 is 19.1. The summed E-state index contributed by atoms with van der Waals surface area (Å²) in [6.07, 6.45) is 3.13. The van der Waals surface area contributed by atoms with E-state index in [0.717, 1.165) is 0 Å². The number of imidazole rings is 1. The van der Waals surface area contributed by atoms with Crippen LogP contribution in [-0.2, 0) is 4.74 Å². The quantitative estimate of drug-likeness (QED) is 0.800. The SMILES string of the molecule is C=CC[C@H](NC(=O)OC(C)(C)C)c1ncc(-c2ccccc2F)[nH]1. The van der Waals surface area contributed by atoms with Crippen molar-refractivity contribution in [3.63, 3.8) is 0 Å². The van der Waals surface area contributed by atoms with Gasteiger partial charge >= 0.3 is 6.09 Å². The zero-order valence-electron chi connectivity index (χ0n) is 14.1. The minimum Gasteiger partial charge on any atom is -0.444 e. The van der Waals surface area contributed by atoms with Crippen LogP contribution in [0.1, 0.15) is 39.1 Å². The van der Waals surface area contributed by atoms with Gasteiger partial charge < -0.3 is 15.0 Å². The first-order chi connectivity index (χ1) is 11.3. The van der Waals surface area contributed by atoms with Crippen molar-refractivity contribution in [2.24, 2.45) is 0 Å². The Morgan fingerprint density at radius 2 is 2.17 bits per heavy atom. The molecule has 6 heteroatoms. The van der Waals surface area contributed by atoms with Gasteiger partial charge in [0.05, 0.1) is 17.9 Å². The highest BCUT2D eigenvalue weighted by molar-refractivity contribution is 5.68. The fraction of sp³-hybridized carbons (Fsp3) is 0.333. The molecule has 0 saturated carbocycles. The smallest absolute Gasteiger partial charge is 0.408 e. The molecular formula is C18H22FN3O2. The van der Waals surface area contributed by atoms with Crippen LogP contribution >= 0.6 is 0 Å². The van der Waals surface area contributed by atoms with E-state index < -0.39 is 17.7 Å². The predicted molar refractivity (Wildman–Crippen MR) is 90.9 cm³/mol. The molecule has 1 aromatic carbocycles. The van der Waals surface area contributed by atoms with Gasteiger partial charge in [0.2, 0.25) is 0 Å². The Bertz CT molecular complexity index is 719. The van der Waals surface area contributed by atoms with Crippen molar-refractivity contribution in [3.8, 4) is 11.3 Å². The maximum atomic E-state index is 13.9. The van der Waals surface area contributed by atoms with Gasteiger partial charge in [-0.3, -0.25) is 0 Å². The van der Waals surface area contributed by atoms with Crippen LogP contribution in [0.5, 0.6) is 0 Å². The van der Waals surface area contributed by atoms with Crippen LogP contribution in [0.2, 0.25) is 0 Å². The zero-order chi connectivity index (χ0) is 17.7. The first-order valence-electron chi connectivity index (χ1n) is 7.70. The number of aromatic nitrogens is 2. The molecule has 1 aromatic heterocycles. The number of nitrogens with one attached hydrogen (secondary N) is 2. The number of aromatic amines is 1. The standard InChI is InChI=1S/C18H22FN3O2/c1-5-8-14(22-17(23)24-18(2,3)4)16-20-11-15(21-16)12-9-6-7-10-13(12)19/h5-7,9-11,14H,1,8H2,2-4H3,(H,20,21)(H,22,23)/t14-/m0/s1. The highest BCUT2D eigenvalue weighted by Gasteiger charge is 2.22. The molecule has 0 unspecified atom stereocenters. The van der Waals surface area contributed by atoms with Crippen molar-refractivity contribution in [1.82, 2.24) is 15.3 Å². The number of benzene rings is 1. The Kier molecular flexibility index (Phi) is 5.39. The summed E-state index contributed by atoms with van der Waals surface area (Å²) in [5, 5.41) is 2.75. The van der Waals surface area contributed by atoms with Crippen LogP contribution in [0.3, 0.4) is 0 Å². The number of hydrogen-bond donors (Lipinski definition) is 2. The van der Waals surface area contributed by atoms with Gasteiger partial charge in [-0.2, -0.15) is 0 Å². The number of halogens is 1. The van der Waals surface area contributed by atoms with Crippen molar-refractivity contribution in [3.05, 3.63) is 54.8 Å². The predicted octanol–water partition coefficient (Wildman–Crippen LogP) is 4.36. The average molecular weight is 331 g/mol. The number of ether oxygens (including phenoxy) is 1. The second-order valence-corrected chi connectivity index (χ2v) is 6.39. The van der Waals surface area contributed by atoms with Gasteiger partial charge in [0.25, 0.3) is 0 Å². The summed E-state index contributed by atoms with van der Waals surface area (Å²) in [6, 6.07) is 5.99. The maximum Gasteiger partial charge on any atom is 0.408 e. The van der Waals surface area contributed by atoms with E-state index >= 15 is 0 Å². The molecule has 5 nitrogen and oxygen atoms in total. The number of carbonyl (C=O) groups is 1. The first kappa shape index (κ1) is 17.7. The van der Waals surface area contributed by atoms with Crippen molar-refractivity contribution >= 4 is 6.09 Å². The number of carbonyl (C=O) groups excluding carboxylic acids is 1. The molecule has 1 atom stereocenters. The zero-order valence-corrected chi connectivity index (χ0v) is 14.1. The summed E-state index contributed by atoms with van der Waals surface area (Å²) in [6.45, 7) is 9.06. The largest absolute Gasteiger partial charge is 0.444 e. The molecule has 2 rings (SSSR count). The van der Waals surface area contributed by atoms with Gasteiger partial charge in [-0.15, -0.1) is 6.58 Å². The summed E-state index contributed by atoms with van der Waals surface area (Å²) in [5.74, 6) is 0.173. The number of hydrogen-bond acceptors (Lipinski definition) is 3. The summed E-state index contributed by atoms with van der Waals surface area (Å²) in [5.41, 5.74) is 0.374. The third-order valence-corrected chi connectivity index (χ3v) is 3.18. The average Bonchev–Trinajstić information content (AvgIpc) is 2.95. The molecule has 1 heterocycles. The van der Waals surface area contributed by atoms with Crippen LogP contribution in [-0.4, -0.2) is 21.7 Å². The van der Waals surface area contributed by atoms with Crippen LogP contribution in [0.25, 0.3) is 11.3 Å². The highest BCUT2D eigenvalue weighted by Crippen LogP contribution is 2.23. The Balaban J connectivity index is 2.19. The van der Waals surface area contributed by atoms with Gasteiger partial charge in [-0.25, -0.2) is 14.2 Å². The van der Waals surface area contributed by atoms with Crippen LogP contribution in [0.4, 0.5) is 9.18 Å². The topological polar surface area (TPSA) is 67.0 Å². The minimum absolute atomic E-state index is 0.340. The molecule has 0 spiro atoms. The number of rotatable bonds is 5. The monoisotopic (exact) mass is 331 g/mol. The summed E-state index contributed by atoms with van der Waals surface area (Å²) in [7, 11) is 0. The van der Waals surface area contributed by atoms with E-state index in [1.54, 1.807) is 51.2 Å². The summed E-state index contributed by atoms with van der Waals surface area (Å²) in [4.78, 5) is 19.3. The van der Waals surface area contributed by atoms with Gasteiger partial charge in [0.1, 0.15) is 17.2 Å². The Hall–Kier alpha value is -2.63. The summed E-state index contributed by atoms with van der Waals surface area (Å²) >= 11 is 0. The molecule has 0 fully saturated rings. The highest BCUT2D eigenvalue weighted by atomic mass is 19.1. The molecule has 0 radical (unpaired) electrons. The second-order valence-electron chi connectivity index (χ2n) is 6.39. The van der Waals surface area contributed by atoms with Gasteiger partial charge in [0, 0.05) is 5.56 Å². The molecule has 0 aliphatic rings. The van der Waals surface area contributed by atoms with Crippen molar-refractivity contribution in [1.29, 1.82) is 0 Å². The van der Waals surface area contributed by atoms with E-state index in [2.05, 4.69) is 21.9 Å². The third kappa shape index (κ3) is 4.68. The van der Waals surface area contributed by atoms with E-state index in [0.29, 0.717) is 23.5 Å². The van der Waals surface area contributed by atoms with E-state index in [4.69, 9.17) is 4.74 Å². The molecule has 2 aromatic rings. The molecule has 1 amide bonds. The van der Waals surface area contributed by atoms with Crippen LogP contribution in [0, 0.1) is 5.82 Å². The van der Waals surface area contributed by atoms with Crippen molar-refractivity contribution in [2.45, 2.75) is 38.8 Å². The molecule has 0 aliphatic carbocycles. The lowest BCUT2D eigenvalue weighted by molar-refractivity contribution is 0.0502. The molecular weight excluding hydrogens is 309 g/mol. The Labute approximate surface area is 141 Å². The first-order valence-corrected chi connectivity index (χ1v) is 7.70. The maximum absolute atomic E-state index is 13.9. The van der Waals surface area contributed by atoms with Gasteiger partial charge in [-0.05, 0) is 39.3 Å². The molecule has 0 saturated heterocycles. The van der Waals surface area contributed by atoms with Gasteiger partial charge in [0.15, 0.2) is 0 Å². The molecule has 0 bridgehead atoms. The second kappa shape index (κ2) is 7.29. The lowest BCUT2D eigenvalue weighted by Crippen LogP contribution is -2.35. The van der Waals surface area contributed by atoms with Crippen molar-refractivity contribution < 1.29 is 13.9 Å². The van der Waals surface area contributed by atoms with Crippen molar-refractivity contribution in [2.75, 3.05) is 0 Å². The normalized spacial score (nSPS) is 12.5. The number of amides is 1. The fourth-order valence-corrected chi connectivity index (χ4v) is 2.19. The Morgan fingerprint density at radius 3 is 2.79 bits per heavy atom. The third-order valence-electron chi connectivity index (χ3n) is 3.18. The van der Waals surface area contributed by atoms with Crippen LogP contribution in [0.15, 0.2) is 43.1 Å². The van der Waals surface area contributed by atoms with Gasteiger partial charge in [-0.1, -0.05) is 18.2 Å². The minimum atomic E-state index is -0.593. The van der Waals surface area contributed by atoms with E-state index in [1.165, 1.54) is 6.07 Å². The number of alkyl carbamates (subject to hydrolysis) is 1. The fourth-order valence-electron chi connectivity index (χ4n) is 2.19. The van der Waals surface area contributed by atoms with E-state index in [1.807, 2.05) is 0 Å². The lowest BCUT2D eigenvalue weighted by Gasteiger charge is -2.22. The Morgan fingerprint density at radius 1 is 1.46 bits per heavy atom. The molecule has 0 aliphatic heterocycles.